The number of hydrogen-bond donors (Lipinski definition) is 1. The highest BCUT2D eigenvalue weighted by Gasteiger charge is 2.29. The zero-order valence-corrected chi connectivity index (χ0v) is 20.0. The van der Waals surface area contributed by atoms with E-state index in [0.717, 1.165) is 35.3 Å². The Hall–Kier alpha value is -3.36. The molecule has 2 aromatic carbocycles. The Bertz CT molecular complexity index is 1630. The fourth-order valence-electron chi connectivity index (χ4n) is 4.50. The number of fused-ring (bicyclic) bond motifs is 3. The second-order valence-electron chi connectivity index (χ2n) is 8.53. The topological polar surface area (TPSA) is 90.4 Å². The van der Waals surface area contributed by atoms with Crippen LogP contribution in [0, 0.1) is 6.92 Å². The van der Waals surface area contributed by atoms with E-state index in [-0.39, 0.29) is 22.9 Å². The van der Waals surface area contributed by atoms with Crippen molar-refractivity contribution in [2.45, 2.75) is 32.2 Å². The molecule has 3 heterocycles. The predicted molar refractivity (Wildman–Crippen MR) is 132 cm³/mol. The van der Waals surface area contributed by atoms with Crippen molar-refractivity contribution in [2.24, 2.45) is 0 Å². The molecule has 0 bridgehead atoms. The van der Waals surface area contributed by atoms with Crippen LogP contribution in [0.15, 0.2) is 46.1 Å². The third-order valence-electron chi connectivity index (χ3n) is 6.30. The Morgan fingerprint density at radius 1 is 1.29 bits per heavy atom. The van der Waals surface area contributed by atoms with Crippen molar-refractivity contribution >= 4 is 43.2 Å². The third-order valence-corrected chi connectivity index (χ3v) is 7.68. The molecule has 1 N–H and O–H groups in total. The van der Waals surface area contributed by atoms with E-state index in [4.69, 9.17) is 25.7 Å². The number of hydrogen-bond acceptors (Lipinski definition) is 7. The zero-order valence-electron chi connectivity index (χ0n) is 18.5. The number of rotatable bonds is 5. The minimum Gasteiger partial charge on any atom is -0.505 e. The van der Waals surface area contributed by atoms with Gasteiger partial charge in [-0.2, -0.15) is 0 Å². The van der Waals surface area contributed by atoms with Gasteiger partial charge in [-0.15, -0.1) is 11.3 Å². The fourth-order valence-corrected chi connectivity index (χ4v) is 6.00. The monoisotopic (exact) mass is 493 g/mol. The second kappa shape index (κ2) is 7.85. The number of halogens is 1. The molecule has 1 fully saturated rings. The van der Waals surface area contributed by atoms with Crippen LogP contribution < -0.4 is 10.3 Å². The van der Waals surface area contributed by atoms with E-state index >= 15 is 0 Å². The minimum absolute atomic E-state index is 0.0314. The Balaban J connectivity index is 1.70. The number of aromatic nitrogens is 3. The van der Waals surface area contributed by atoms with Crippen LogP contribution in [0.25, 0.3) is 31.7 Å². The number of ether oxygens (including phenoxy) is 1. The summed E-state index contributed by atoms with van der Waals surface area (Å²) >= 11 is 7.50. The smallest absolute Gasteiger partial charge is 0.263 e. The number of benzene rings is 2. The second-order valence-corrected chi connectivity index (χ2v) is 9.94. The average Bonchev–Trinajstić information content (AvgIpc) is 3.40. The molecule has 172 valence electrons. The molecular weight excluding hydrogens is 474 g/mol. The molecule has 7 nitrogen and oxygen atoms in total. The van der Waals surface area contributed by atoms with Crippen LogP contribution in [0.3, 0.4) is 0 Å². The summed E-state index contributed by atoms with van der Waals surface area (Å²) < 4.78 is 13.1. The molecule has 0 aliphatic heterocycles. The quantitative estimate of drug-likeness (QED) is 0.329. The largest absolute Gasteiger partial charge is 0.505 e. The Morgan fingerprint density at radius 3 is 2.82 bits per heavy atom. The summed E-state index contributed by atoms with van der Waals surface area (Å²) in [6, 6.07) is 7.55. The molecule has 1 aliphatic carbocycles. The van der Waals surface area contributed by atoms with Gasteiger partial charge in [0.25, 0.3) is 5.56 Å². The third kappa shape index (κ3) is 3.28. The van der Waals surface area contributed by atoms with Crippen LogP contribution in [0.1, 0.15) is 35.6 Å². The first-order chi connectivity index (χ1) is 16.5. The van der Waals surface area contributed by atoms with Gasteiger partial charge < -0.3 is 14.3 Å². The molecule has 9 heteroatoms. The summed E-state index contributed by atoms with van der Waals surface area (Å²) in [6.45, 7) is 2.06. The summed E-state index contributed by atoms with van der Waals surface area (Å²) in [6.07, 6.45) is 5.12. The van der Waals surface area contributed by atoms with Gasteiger partial charge in [0.2, 0.25) is 0 Å². The zero-order chi connectivity index (χ0) is 23.6. The van der Waals surface area contributed by atoms with Gasteiger partial charge in [0, 0.05) is 10.9 Å². The van der Waals surface area contributed by atoms with E-state index in [2.05, 4.69) is 4.98 Å². The number of oxazole rings is 1. The van der Waals surface area contributed by atoms with Gasteiger partial charge in [0.15, 0.2) is 12.1 Å². The number of aromatic hydroxyl groups is 1. The molecule has 0 radical (unpaired) electrons. The van der Waals surface area contributed by atoms with Gasteiger partial charge in [-0.1, -0.05) is 11.6 Å². The standard InChI is InChI=1S/C25H20ClN3O4S/c1-12-7-18(26)21(30)22-19(12)20-24(34-22)28-23(29(25(20)31)10-15-9-27-11-33-15)16-6-5-14(32-2)8-17(16)13-3-4-13/h5-9,11,13,30H,3-4,10H2,1-2H3. The van der Waals surface area contributed by atoms with Gasteiger partial charge >= 0.3 is 0 Å². The number of methoxy groups -OCH3 is 1. The number of aryl methyl sites for hydroxylation is 1. The molecule has 0 atom stereocenters. The average molecular weight is 494 g/mol. The normalized spacial score (nSPS) is 13.7. The SMILES string of the molecule is COc1ccc(-c2nc3sc4c(O)c(Cl)cc(C)c4c3c(=O)n2Cc2cnco2)c(C2CC2)c1. The summed E-state index contributed by atoms with van der Waals surface area (Å²) in [7, 11) is 1.65. The first-order valence-corrected chi connectivity index (χ1v) is 12.1. The van der Waals surface area contributed by atoms with Crippen molar-refractivity contribution in [1.82, 2.24) is 14.5 Å². The van der Waals surface area contributed by atoms with Gasteiger partial charge in [-0.05, 0) is 61.1 Å². The highest BCUT2D eigenvalue weighted by atomic mass is 35.5. The lowest BCUT2D eigenvalue weighted by Gasteiger charge is -2.15. The Kier molecular flexibility index (Phi) is 4.89. The van der Waals surface area contributed by atoms with Crippen LogP contribution in [-0.4, -0.2) is 26.8 Å². The summed E-state index contributed by atoms with van der Waals surface area (Å²) in [5.74, 6) is 2.24. The lowest BCUT2D eigenvalue weighted by molar-refractivity contribution is 0.414. The van der Waals surface area contributed by atoms with Crippen LogP contribution in [0.5, 0.6) is 11.5 Å². The van der Waals surface area contributed by atoms with E-state index < -0.39 is 0 Å². The maximum absolute atomic E-state index is 14.0. The van der Waals surface area contributed by atoms with Gasteiger partial charge in [0.05, 0.1) is 35.0 Å². The van der Waals surface area contributed by atoms with Crippen LogP contribution in [-0.2, 0) is 6.54 Å². The van der Waals surface area contributed by atoms with E-state index in [0.29, 0.717) is 37.8 Å². The molecule has 0 saturated heterocycles. The summed E-state index contributed by atoms with van der Waals surface area (Å²) in [4.78, 5) is 23.6. The molecule has 1 aliphatic rings. The molecule has 0 unspecified atom stereocenters. The molecule has 1 saturated carbocycles. The minimum atomic E-state index is -0.204. The lowest BCUT2D eigenvalue weighted by atomic mass is 10.0. The molecule has 3 aromatic heterocycles. The van der Waals surface area contributed by atoms with E-state index in [1.807, 2.05) is 25.1 Å². The number of phenolic OH excluding ortho intramolecular Hbond substituents is 1. The van der Waals surface area contributed by atoms with Crippen molar-refractivity contribution in [2.75, 3.05) is 7.11 Å². The molecule has 5 aromatic rings. The fraction of sp³-hybridized carbons (Fsp3) is 0.240. The van der Waals surface area contributed by atoms with E-state index in [9.17, 15) is 9.90 Å². The summed E-state index contributed by atoms with van der Waals surface area (Å²) in [5, 5.41) is 12.0. The Labute approximate surface area is 203 Å². The van der Waals surface area contributed by atoms with Gasteiger partial charge in [-0.3, -0.25) is 9.36 Å². The maximum atomic E-state index is 14.0. The highest BCUT2D eigenvalue weighted by molar-refractivity contribution is 7.25. The first-order valence-electron chi connectivity index (χ1n) is 10.9. The molecule has 34 heavy (non-hydrogen) atoms. The highest BCUT2D eigenvalue weighted by Crippen LogP contribution is 2.46. The molecule has 0 spiro atoms. The van der Waals surface area contributed by atoms with Gasteiger partial charge in [-0.25, -0.2) is 9.97 Å². The van der Waals surface area contributed by atoms with Crippen LogP contribution in [0.4, 0.5) is 0 Å². The lowest BCUT2D eigenvalue weighted by Crippen LogP contribution is -2.24. The van der Waals surface area contributed by atoms with E-state index in [1.54, 1.807) is 23.9 Å². The van der Waals surface area contributed by atoms with Crippen LogP contribution in [0.2, 0.25) is 5.02 Å². The number of nitrogens with zero attached hydrogens (tertiary/aromatic N) is 3. The van der Waals surface area contributed by atoms with Crippen molar-refractivity contribution in [3.05, 3.63) is 69.1 Å². The molecule has 0 amide bonds. The first kappa shape index (κ1) is 21.2. The molecular formula is C25H20ClN3O4S. The number of phenols is 1. The van der Waals surface area contributed by atoms with Crippen LogP contribution >= 0.6 is 22.9 Å². The van der Waals surface area contributed by atoms with Crippen molar-refractivity contribution < 1.29 is 14.3 Å². The van der Waals surface area contributed by atoms with Crippen molar-refractivity contribution in [3.63, 3.8) is 0 Å². The number of thiophene rings is 1. The van der Waals surface area contributed by atoms with Crippen molar-refractivity contribution in [1.29, 1.82) is 0 Å². The summed E-state index contributed by atoms with van der Waals surface area (Å²) in [5.41, 5.74) is 2.61. The van der Waals surface area contributed by atoms with Crippen molar-refractivity contribution in [3.8, 4) is 22.9 Å². The van der Waals surface area contributed by atoms with Gasteiger partial charge in [0.1, 0.15) is 22.2 Å². The molecule has 6 rings (SSSR count). The Morgan fingerprint density at radius 2 is 2.12 bits per heavy atom. The predicted octanol–water partition coefficient (Wildman–Crippen LogP) is 5.87. The maximum Gasteiger partial charge on any atom is 0.263 e. The van der Waals surface area contributed by atoms with E-state index in [1.165, 1.54) is 17.7 Å².